The Hall–Kier alpha value is -0.0800. The van der Waals surface area contributed by atoms with Crippen LogP contribution in [-0.4, -0.2) is 74.3 Å². The average molecular weight is 464 g/mol. The number of aliphatic imine (C=N–C) groups is 1. The standard InChI is InChI=1S/C19H36N4O.HI/c1-4-20-18(23-10-7-19(14-23)8-11-24-15-19)21-12-17-6-5-9-22(13-17)16(2)3;/h16-17H,4-15H2,1-3H3,(H,20,21);1H. The van der Waals surface area contributed by atoms with Gasteiger partial charge in [-0.15, -0.1) is 24.0 Å². The number of hydrogen-bond donors (Lipinski definition) is 1. The van der Waals surface area contributed by atoms with E-state index in [4.69, 9.17) is 9.73 Å². The molecule has 3 aliphatic rings. The monoisotopic (exact) mass is 464 g/mol. The van der Waals surface area contributed by atoms with Crippen LogP contribution >= 0.6 is 24.0 Å². The fourth-order valence-electron chi connectivity index (χ4n) is 4.44. The fourth-order valence-corrected chi connectivity index (χ4v) is 4.44. The largest absolute Gasteiger partial charge is 0.381 e. The first-order valence-corrected chi connectivity index (χ1v) is 9.97. The van der Waals surface area contributed by atoms with E-state index < -0.39 is 0 Å². The van der Waals surface area contributed by atoms with Gasteiger partial charge >= 0.3 is 0 Å². The van der Waals surface area contributed by atoms with E-state index in [1.807, 2.05) is 0 Å². The van der Waals surface area contributed by atoms with Crippen LogP contribution in [-0.2, 0) is 4.74 Å². The molecule has 0 aliphatic carbocycles. The van der Waals surface area contributed by atoms with Gasteiger partial charge in [0.15, 0.2) is 5.96 Å². The maximum absolute atomic E-state index is 5.67. The van der Waals surface area contributed by atoms with Gasteiger partial charge in [0, 0.05) is 50.8 Å². The highest BCUT2D eigenvalue weighted by molar-refractivity contribution is 14.0. The SMILES string of the molecule is CCNC(=NCC1CCCN(C(C)C)C1)N1CCC2(CCOC2)C1.I. The van der Waals surface area contributed by atoms with Crippen molar-refractivity contribution in [3.8, 4) is 0 Å². The third-order valence-electron chi connectivity index (χ3n) is 6.04. The Balaban J connectivity index is 0.00000225. The summed E-state index contributed by atoms with van der Waals surface area (Å²) in [7, 11) is 0. The molecule has 2 unspecified atom stereocenters. The van der Waals surface area contributed by atoms with Crippen LogP contribution in [0.2, 0.25) is 0 Å². The predicted octanol–water partition coefficient (Wildman–Crippen LogP) is 2.80. The van der Waals surface area contributed by atoms with E-state index >= 15 is 0 Å². The zero-order valence-corrected chi connectivity index (χ0v) is 18.6. The second kappa shape index (κ2) is 9.74. The highest BCUT2D eigenvalue weighted by atomic mass is 127. The number of halogens is 1. The minimum absolute atomic E-state index is 0. The lowest BCUT2D eigenvalue weighted by Gasteiger charge is -2.35. The summed E-state index contributed by atoms with van der Waals surface area (Å²) in [6.45, 7) is 15.3. The van der Waals surface area contributed by atoms with Crippen molar-refractivity contribution < 1.29 is 4.74 Å². The highest BCUT2D eigenvalue weighted by Crippen LogP contribution is 2.38. The molecule has 146 valence electrons. The zero-order valence-electron chi connectivity index (χ0n) is 16.3. The number of piperidine rings is 1. The molecule has 3 aliphatic heterocycles. The lowest BCUT2D eigenvalue weighted by molar-refractivity contribution is 0.143. The number of nitrogens with one attached hydrogen (secondary N) is 1. The van der Waals surface area contributed by atoms with E-state index in [0.717, 1.165) is 45.4 Å². The molecular weight excluding hydrogens is 427 g/mol. The van der Waals surface area contributed by atoms with Crippen LogP contribution in [0.15, 0.2) is 4.99 Å². The van der Waals surface area contributed by atoms with E-state index in [0.29, 0.717) is 17.4 Å². The molecule has 3 saturated heterocycles. The molecule has 1 N–H and O–H groups in total. The van der Waals surface area contributed by atoms with E-state index in [2.05, 4.69) is 35.9 Å². The summed E-state index contributed by atoms with van der Waals surface area (Å²) in [6, 6.07) is 0.658. The van der Waals surface area contributed by atoms with Gasteiger partial charge in [-0.1, -0.05) is 0 Å². The molecule has 3 fully saturated rings. The molecule has 0 amide bonds. The molecule has 0 aromatic rings. The van der Waals surface area contributed by atoms with Crippen LogP contribution in [0.3, 0.4) is 0 Å². The molecule has 5 nitrogen and oxygen atoms in total. The fraction of sp³-hybridized carbons (Fsp3) is 0.947. The van der Waals surface area contributed by atoms with Crippen molar-refractivity contribution in [3.63, 3.8) is 0 Å². The topological polar surface area (TPSA) is 40.1 Å². The lowest BCUT2D eigenvalue weighted by atomic mass is 9.87. The van der Waals surface area contributed by atoms with Gasteiger partial charge in [-0.25, -0.2) is 0 Å². The van der Waals surface area contributed by atoms with E-state index in [1.54, 1.807) is 0 Å². The van der Waals surface area contributed by atoms with E-state index in [1.165, 1.54) is 38.8 Å². The summed E-state index contributed by atoms with van der Waals surface area (Å²) in [6.07, 6.45) is 5.11. The molecule has 2 atom stereocenters. The summed E-state index contributed by atoms with van der Waals surface area (Å²) in [5.41, 5.74) is 0.398. The number of hydrogen-bond acceptors (Lipinski definition) is 3. The van der Waals surface area contributed by atoms with Crippen LogP contribution in [0.1, 0.15) is 46.5 Å². The first-order valence-electron chi connectivity index (χ1n) is 9.97. The van der Waals surface area contributed by atoms with Crippen molar-refractivity contribution in [1.82, 2.24) is 15.1 Å². The summed E-state index contributed by atoms with van der Waals surface area (Å²) < 4.78 is 5.67. The molecule has 0 aromatic heterocycles. The highest BCUT2D eigenvalue weighted by Gasteiger charge is 2.42. The maximum atomic E-state index is 5.67. The Labute approximate surface area is 171 Å². The molecule has 1 spiro atoms. The first kappa shape index (κ1) is 21.2. The summed E-state index contributed by atoms with van der Waals surface area (Å²) in [5, 5.41) is 3.53. The van der Waals surface area contributed by atoms with E-state index in [-0.39, 0.29) is 24.0 Å². The summed E-state index contributed by atoms with van der Waals surface area (Å²) >= 11 is 0. The van der Waals surface area contributed by atoms with Gasteiger partial charge in [-0.3, -0.25) is 4.99 Å². The zero-order chi connectivity index (χ0) is 17.0. The molecule has 0 saturated carbocycles. The second-order valence-corrected chi connectivity index (χ2v) is 8.27. The number of guanidine groups is 1. The second-order valence-electron chi connectivity index (χ2n) is 8.27. The third kappa shape index (κ3) is 5.45. The van der Waals surface area contributed by atoms with Gasteiger partial charge < -0.3 is 19.9 Å². The van der Waals surface area contributed by atoms with Crippen molar-refractivity contribution in [1.29, 1.82) is 0 Å². The van der Waals surface area contributed by atoms with E-state index in [9.17, 15) is 0 Å². The summed E-state index contributed by atoms with van der Waals surface area (Å²) in [5.74, 6) is 1.84. The number of nitrogens with zero attached hydrogens (tertiary/aromatic N) is 3. The van der Waals surface area contributed by atoms with Gasteiger partial charge in [0.2, 0.25) is 0 Å². The van der Waals surface area contributed by atoms with Crippen LogP contribution in [0.4, 0.5) is 0 Å². The van der Waals surface area contributed by atoms with Crippen molar-refractivity contribution in [2.24, 2.45) is 16.3 Å². The van der Waals surface area contributed by atoms with Crippen LogP contribution < -0.4 is 5.32 Å². The molecule has 0 radical (unpaired) electrons. The minimum atomic E-state index is 0. The maximum Gasteiger partial charge on any atom is 0.193 e. The molecule has 3 rings (SSSR count). The average Bonchev–Trinajstić information content (AvgIpc) is 3.22. The molecule has 25 heavy (non-hydrogen) atoms. The first-order chi connectivity index (χ1) is 11.6. The Bertz CT molecular complexity index is 437. The van der Waals surface area contributed by atoms with Crippen molar-refractivity contribution >= 4 is 29.9 Å². The van der Waals surface area contributed by atoms with Crippen molar-refractivity contribution in [2.75, 3.05) is 52.5 Å². The molecular formula is C19H37IN4O. The van der Waals surface area contributed by atoms with Crippen molar-refractivity contribution in [2.45, 2.75) is 52.5 Å². The van der Waals surface area contributed by atoms with Gasteiger partial charge in [-0.2, -0.15) is 0 Å². The van der Waals surface area contributed by atoms with Crippen LogP contribution in [0.25, 0.3) is 0 Å². The predicted molar refractivity (Wildman–Crippen MR) is 115 cm³/mol. The Morgan fingerprint density at radius 2 is 2.16 bits per heavy atom. The third-order valence-corrected chi connectivity index (χ3v) is 6.04. The van der Waals surface area contributed by atoms with Gasteiger partial charge in [-0.05, 0) is 58.9 Å². The quantitative estimate of drug-likeness (QED) is 0.395. The van der Waals surface area contributed by atoms with Gasteiger partial charge in [0.05, 0.1) is 6.61 Å². The molecule has 0 bridgehead atoms. The van der Waals surface area contributed by atoms with Crippen molar-refractivity contribution in [3.05, 3.63) is 0 Å². The van der Waals surface area contributed by atoms with Gasteiger partial charge in [0.1, 0.15) is 0 Å². The summed E-state index contributed by atoms with van der Waals surface area (Å²) in [4.78, 5) is 10.1. The normalized spacial score (nSPS) is 31.0. The van der Waals surface area contributed by atoms with Crippen LogP contribution in [0, 0.1) is 11.3 Å². The Morgan fingerprint density at radius 3 is 2.84 bits per heavy atom. The molecule has 0 aromatic carbocycles. The number of ether oxygens (including phenoxy) is 1. The van der Waals surface area contributed by atoms with Gasteiger partial charge in [0.25, 0.3) is 0 Å². The lowest BCUT2D eigenvalue weighted by Crippen LogP contribution is -2.43. The Kier molecular flexibility index (Phi) is 8.27. The molecule has 6 heteroatoms. The van der Waals surface area contributed by atoms with Crippen LogP contribution in [0.5, 0.6) is 0 Å². The number of rotatable bonds is 4. The minimum Gasteiger partial charge on any atom is -0.381 e. The smallest absolute Gasteiger partial charge is 0.193 e. The molecule has 3 heterocycles. The number of likely N-dealkylation sites (tertiary alicyclic amines) is 2. The Morgan fingerprint density at radius 1 is 1.32 bits per heavy atom.